The van der Waals surface area contributed by atoms with E-state index >= 15 is 0 Å². The summed E-state index contributed by atoms with van der Waals surface area (Å²) in [6.07, 6.45) is 0.923. The molecule has 0 fully saturated rings. The zero-order valence-corrected chi connectivity index (χ0v) is 11.9. The van der Waals surface area contributed by atoms with Crippen molar-refractivity contribution in [2.75, 3.05) is 19.7 Å². The van der Waals surface area contributed by atoms with Crippen molar-refractivity contribution < 1.29 is 14.6 Å². The molecule has 0 atom stereocenters. The number of rotatable bonds is 5. The fourth-order valence-corrected chi connectivity index (χ4v) is 2.73. The van der Waals surface area contributed by atoms with Crippen LogP contribution >= 0.6 is 15.9 Å². The van der Waals surface area contributed by atoms with E-state index in [4.69, 9.17) is 9.84 Å². The molecule has 0 aliphatic carbocycles. The highest BCUT2D eigenvalue weighted by molar-refractivity contribution is 9.10. The Labute approximate surface area is 115 Å². The van der Waals surface area contributed by atoms with Crippen molar-refractivity contribution in [1.29, 1.82) is 0 Å². The van der Waals surface area contributed by atoms with E-state index in [1.807, 2.05) is 17.9 Å². The highest BCUT2D eigenvalue weighted by Crippen LogP contribution is 2.33. The standard InChI is InChI=1S/C13H16BrNO3/c1-2-15(8-12(16)17)7-10-6-11(14)5-9-3-4-18-13(9)10/h5-6H,2-4,7-8H2,1H3,(H,16,17). The minimum absolute atomic E-state index is 0.0534. The van der Waals surface area contributed by atoms with Crippen LogP contribution in [0.5, 0.6) is 5.75 Å². The van der Waals surface area contributed by atoms with Crippen molar-refractivity contribution in [2.24, 2.45) is 0 Å². The highest BCUT2D eigenvalue weighted by atomic mass is 79.9. The molecule has 0 radical (unpaired) electrons. The van der Waals surface area contributed by atoms with Crippen molar-refractivity contribution >= 4 is 21.9 Å². The smallest absolute Gasteiger partial charge is 0.317 e. The lowest BCUT2D eigenvalue weighted by Crippen LogP contribution is -2.29. The van der Waals surface area contributed by atoms with Crippen molar-refractivity contribution in [3.63, 3.8) is 0 Å². The third-order valence-electron chi connectivity index (χ3n) is 3.03. The molecule has 1 aromatic carbocycles. The number of hydrogen-bond acceptors (Lipinski definition) is 3. The molecule has 0 saturated heterocycles. The van der Waals surface area contributed by atoms with Gasteiger partial charge in [0.25, 0.3) is 0 Å². The highest BCUT2D eigenvalue weighted by Gasteiger charge is 2.19. The summed E-state index contributed by atoms with van der Waals surface area (Å²) < 4.78 is 6.66. The second-order valence-electron chi connectivity index (χ2n) is 4.35. The number of carbonyl (C=O) groups is 1. The number of likely N-dealkylation sites (N-methyl/N-ethyl adjacent to an activating group) is 1. The maximum atomic E-state index is 10.8. The summed E-state index contributed by atoms with van der Waals surface area (Å²) in [4.78, 5) is 12.7. The number of carboxylic acid groups (broad SMARTS) is 1. The maximum absolute atomic E-state index is 10.8. The molecule has 5 heteroatoms. The van der Waals surface area contributed by atoms with Gasteiger partial charge in [0.2, 0.25) is 0 Å². The molecule has 1 aliphatic heterocycles. The first-order chi connectivity index (χ1) is 8.60. The molecular formula is C13H16BrNO3. The predicted octanol–water partition coefficient (Wildman–Crippen LogP) is 2.29. The van der Waals surface area contributed by atoms with E-state index in [-0.39, 0.29) is 6.54 Å². The van der Waals surface area contributed by atoms with Gasteiger partial charge in [0.15, 0.2) is 0 Å². The Bertz CT molecular complexity index is 462. The summed E-state index contributed by atoms with van der Waals surface area (Å²) in [6.45, 7) is 4.03. The Morgan fingerprint density at radius 3 is 3.00 bits per heavy atom. The molecule has 0 spiro atoms. The van der Waals surface area contributed by atoms with E-state index in [9.17, 15) is 4.79 Å². The van der Waals surface area contributed by atoms with Crippen LogP contribution in [-0.4, -0.2) is 35.7 Å². The van der Waals surface area contributed by atoms with E-state index in [0.717, 1.165) is 22.2 Å². The number of halogens is 1. The van der Waals surface area contributed by atoms with Crippen LogP contribution in [0.25, 0.3) is 0 Å². The number of hydrogen-bond donors (Lipinski definition) is 1. The van der Waals surface area contributed by atoms with E-state index in [1.54, 1.807) is 0 Å². The number of aliphatic carboxylic acids is 1. The lowest BCUT2D eigenvalue weighted by molar-refractivity contribution is -0.138. The first kappa shape index (κ1) is 13.4. The first-order valence-corrected chi connectivity index (χ1v) is 6.77. The van der Waals surface area contributed by atoms with Crippen LogP contribution in [0.1, 0.15) is 18.1 Å². The molecule has 1 N–H and O–H groups in total. The van der Waals surface area contributed by atoms with Gasteiger partial charge < -0.3 is 9.84 Å². The minimum Gasteiger partial charge on any atom is -0.493 e. The number of ether oxygens (including phenoxy) is 1. The molecule has 0 unspecified atom stereocenters. The topological polar surface area (TPSA) is 49.8 Å². The molecule has 1 heterocycles. The van der Waals surface area contributed by atoms with Crippen LogP contribution in [0.3, 0.4) is 0 Å². The molecule has 0 aromatic heterocycles. The van der Waals surface area contributed by atoms with Gasteiger partial charge in [-0.3, -0.25) is 9.69 Å². The Hall–Kier alpha value is -1.07. The van der Waals surface area contributed by atoms with Gasteiger partial charge >= 0.3 is 5.97 Å². The lowest BCUT2D eigenvalue weighted by Gasteiger charge is -2.19. The van der Waals surface area contributed by atoms with Crippen molar-refractivity contribution in [3.05, 3.63) is 27.7 Å². The molecule has 4 nitrogen and oxygen atoms in total. The average Bonchev–Trinajstić information content (AvgIpc) is 2.75. The molecule has 18 heavy (non-hydrogen) atoms. The van der Waals surface area contributed by atoms with Gasteiger partial charge in [-0.25, -0.2) is 0 Å². The largest absolute Gasteiger partial charge is 0.493 e. The Kier molecular flexibility index (Phi) is 4.24. The third-order valence-corrected chi connectivity index (χ3v) is 3.48. The average molecular weight is 314 g/mol. The van der Waals surface area contributed by atoms with Gasteiger partial charge in [0.1, 0.15) is 5.75 Å². The Morgan fingerprint density at radius 2 is 2.33 bits per heavy atom. The van der Waals surface area contributed by atoms with Crippen molar-refractivity contribution in [3.8, 4) is 5.75 Å². The van der Waals surface area contributed by atoms with Crippen LogP contribution in [0.2, 0.25) is 0 Å². The van der Waals surface area contributed by atoms with Gasteiger partial charge in [0.05, 0.1) is 13.2 Å². The molecule has 2 rings (SSSR count). The Balaban J connectivity index is 2.20. The second-order valence-corrected chi connectivity index (χ2v) is 5.26. The summed E-state index contributed by atoms with van der Waals surface area (Å²) in [5.74, 6) is 0.131. The summed E-state index contributed by atoms with van der Waals surface area (Å²) >= 11 is 3.49. The zero-order valence-electron chi connectivity index (χ0n) is 10.3. The fourth-order valence-electron chi connectivity index (χ4n) is 2.18. The van der Waals surface area contributed by atoms with Crippen molar-refractivity contribution in [1.82, 2.24) is 4.90 Å². The zero-order chi connectivity index (χ0) is 13.1. The fraction of sp³-hybridized carbons (Fsp3) is 0.462. The van der Waals surface area contributed by atoms with Crippen LogP contribution in [0.4, 0.5) is 0 Å². The predicted molar refractivity (Wildman–Crippen MR) is 71.9 cm³/mol. The molecular weight excluding hydrogens is 298 g/mol. The molecule has 98 valence electrons. The normalized spacial score (nSPS) is 13.5. The monoisotopic (exact) mass is 313 g/mol. The SMILES string of the molecule is CCN(CC(=O)O)Cc1cc(Br)cc2c1OCC2. The van der Waals surface area contributed by atoms with E-state index in [2.05, 4.69) is 22.0 Å². The Morgan fingerprint density at radius 1 is 1.56 bits per heavy atom. The second kappa shape index (κ2) is 5.71. The van der Waals surface area contributed by atoms with Gasteiger partial charge in [-0.1, -0.05) is 22.9 Å². The number of benzene rings is 1. The van der Waals surface area contributed by atoms with Crippen LogP contribution in [-0.2, 0) is 17.8 Å². The van der Waals surface area contributed by atoms with Crippen LogP contribution < -0.4 is 4.74 Å². The summed E-state index contributed by atoms with van der Waals surface area (Å²) in [7, 11) is 0. The van der Waals surface area contributed by atoms with Crippen LogP contribution in [0, 0.1) is 0 Å². The van der Waals surface area contributed by atoms with E-state index in [1.165, 1.54) is 5.56 Å². The minimum atomic E-state index is -0.801. The van der Waals surface area contributed by atoms with Gasteiger partial charge in [-0.2, -0.15) is 0 Å². The molecule has 1 aliphatic rings. The molecule has 0 saturated carbocycles. The summed E-state index contributed by atoms with van der Waals surface area (Å²) in [5, 5.41) is 8.86. The molecule has 0 amide bonds. The maximum Gasteiger partial charge on any atom is 0.317 e. The lowest BCUT2D eigenvalue weighted by atomic mass is 10.1. The van der Waals surface area contributed by atoms with Gasteiger partial charge in [-0.05, 0) is 24.2 Å². The summed E-state index contributed by atoms with van der Waals surface area (Å²) in [6, 6.07) is 4.08. The number of nitrogens with zero attached hydrogens (tertiary/aromatic N) is 1. The summed E-state index contributed by atoms with van der Waals surface area (Å²) in [5.41, 5.74) is 2.26. The van der Waals surface area contributed by atoms with Crippen LogP contribution in [0.15, 0.2) is 16.6 Å². The quantitative estimate of drug-likeness (QED) is 0.906. The third kappa shape index (κ3) is 3.03. The molecule has 0 bridgehead atoms. The van der Waals surface area contributed by atoms with E-state index < -0.39 is 5.97 Å². The molecule has 1 aromatic rings. The number of carboxylic acids is 1. The first-order valence-electron chi connectivity index (χ1n) is 5.98. The number of fused-ring (bicyclic) bond motifs is 1. The van der Waals surface area contributed by atoms with E-state index in [0.29, 0.717) is 19.7 Å². The van der Waals surface area contributed by atoms with Gasteiger partial charge in [-0.15, -0.1) is 0 Å². The van der Waals surface area contributed by atoms with Gasteiger partial charge in [0, 0.05) is 23.0 Å². The van der Waals surface area contributed by atoms with Crippen molar-refractivity contribution in [2.45, 2.75) is 19.9 Å².